The molecule has 0 atom stereocenters. The highest BCUT2D eigenvalue weighted by Gasteiger charge is 2.10. The zero-order valence-corrected chi connectivity index (χ0v) is 11.0. The number of anilines is 1. The van der Waals surface area contributed by atoms with E-state index in [1.54, 1.807) is 18.2 Å². The Morgan fingerprint density at radius 2 is 2.18 bits per heavy atom. The van der Waals surface area contributed by atoms with Gasteiger partial charge in [-0.1, -0.05) is 31.5 Å². The van der Waals surface area contributed by atoms with E-state index in [2.05, 4.69) is 10.6 Å². The number of nitrogens with one attached hydrogen (secondary N) is 2. The molecule has 0 bridgehead atoms. The predicted octanol–water partition coefficient (Wildman–Crippen LogP) is 3.13. The lowest BCUT2D eigenvalue weighted by Crippen LogP contribution is -2.31. The molecule has 1 aromatic carbocycles. The van der Waals surface area contributed by atoms with Gasteiger partial charge in [0.25, 0.3) is 0 Å². The van der Waals surface area contributed by atoms with E-state index in [1.807, 2.05) is 13.8 Å². The van der Waals surface area contributed by atoms with E-state index in [1.165, 1.54) is 7.11 Å². The van der Waals surface area contributed by atoms with Gasteiger partial charge in [0.1, 0.15) is 0 Å². The van der Waals surface area contributed by atoms with E-state index in [0.717, 1.165) is 0 Å². The first-order chi connectivity index (χ1) is 8.04. The minimum absolute atomic E-state index is 0.265. The molecule has 2 amide bonds. The Kier molecular flexibility index (Phi) is 5.10. The summed E-state index contributed by atoms with van der Waals surface area (Å²) >= 11 is 5.94. The van der Waals surface area contributed by atoms with Crippen LogP contribution in [0, 0.1) is 5.92 Å². The number of carbonyl (C=O) groups is 1. The molecule has 94 valence electrons. The zero-order chi connectivity index (χ0) is 12.8. The number of rotatable bonds is 4. The fourth-order valence-corrected chi connectivity index (χ4v) is 1.53. The fraction of sp³-hybridized carbons (Fsp3) is 0.417. The Labute approximate surface area is 106 Å². The van der Waals surface area contributed by atoms with Crippen molar-refractivity contribution in [2.24, 2.45) is 5.92 Å². The quantitative estimate of drug-likeness (QED) is 0.870. The highest BCUT2D eigenvalue weighted by Crippen LogP contribution is 2.32. The Bertz CT molecular complexity index is 394. The number of halogens is 1. The highest BCUT2D eigenvalue weighted by atomic mass is 35.5. The van der Waals surface area contributed by atoms with Crippen molar-refractivity contribution in [3.05, 3.63) is 23.2 Å². The molecule has 0 heterocycles. The van der Waals surface area contributed by atoms with Crippen LogP contribution in [0.1, 0.15) is 13.8 Å². The average Bonchev–Trinajstić information content (AvgIpc) is 2.27. The van der Waals surface area contributed by atoms with Crippen LogP contribution in [0.5, 0.6) is 5.75 Å². The minimum atomic E-state index is -0.265. The summed E-state index contributed by atoms with van der Waals surface area (Å²) in [5.41, 5.74) is 0.557. The van der Waals surface area contributed by atoms with Gasteiger partial charge in [-0.2, -0.15) is 0 Å². The van der Waals surface area contributed by atoms with Crippen molar-refractivity contribution < 1.29 is 9.53 Å². The number of ether oxygens (including phenoxy) is 1. The van der Waals surface area contributed by atoms with E-state index in [-0.39, 0.29) is 6.03 Å². The molecule has 5 heteroatoms. The van der Waals surface area contributed by atoms with Crippen LogP contribution in [0.3, 0.4) is 0 Å². The molecular formula is C12H17ClN2O2. The molecule has 0 aliphatic heterocycles. The summed E-state index contributed by atoms with van der Waals surface area (Å²) in [6, 6.07) is 4.93. The smallest absolute Gasteiger partial charge is 0.319 e. The first kappa shape index (κ1) is 13.6. The molecule has 17 heavy (non-hydrogen) atoms. The van der Waals surface area contributed by atoms with Crippen LogP contribution >= 0.6 is 11.6 Å². The van der Waals surface area contributed by atoms with Gasteiger partial charge in [0.2, 0.25) is 0 Å². The van der Waals surface area contributed by atoms with Gasteiger partial charge in [-0.25, -0.2) is 4.79 Å². The molecule has 0 aliphatic carbocycles. The maximum absolute atomic E-state index is 11.6. The van der Waals surface area contributed by atoms with E-state index in [0.29, 0.717) is 28.9 Å². The van der Waals surface area contributed by atoms with Gasteiger partial charge in [-0.05, 0) is 18.1 Å². The van der Waals surface area contributed by atoms with Crippen LogP contribution in [0.15, 0.2) is 18.2 Å². The maximum Gasteiger partial charge on any atom is 0.319 e. The van der Waals surface area contributed by atoms with E-state index in [4.69, 9.17) is 16.3 Å². The third-order valence-electron chi connectivity index (χ3n) is 2.09. The largest absolute Gasteiger partial charge is 0.493 e. The van der Waals surface area contributed by atoms with Crippen molar-refractivity contribution in [2.75, 3.05) is 19.0 Å². The monoisotopic (exact) mass is 256 g/mol. The number of benzene rings is 1. The summed E-state index contributed by atoms with van der Waals surface area (Å²) < 4.78 is 5.13. The fourth-order valence-electron chi connectivity index (χ4n) is 1.28. The molecule has 2 N–H and O–H groups in total. The molecule has 0 radical (unpaired) electrons. The molecular weight excluding hydrogens is 240 g/mol. The summed E-state index contributed by atoms with van der Waals surface area (Å²) in [6.45, 7) is 4.68. The van der Waals surface area contributed by atoms with E-state index in [9.17, 15) is 4.79 Å². The Morgan fingerprint density at radius 3 is 2.76 bits per heavy atom. The second-order valence-electron chi connectivity index (χ2n) is 4.05. The second-order valence-corrected chi connectivity index (χ2v) is 4.46. The Hall–Kier alpha value is -1.42. The van der Waals surface area contributed by atoms with Gasteiger partial charge in [0, 0.05) is 6.54 Å². The van der Waals surface area contributed by atoms with Gasteiger partial charge in [-0.15, -0.1) is 0 Å². The number of para-hydroxylation sites is 1. The van der Waals surface area contributed by atoms with Crippen molar-refractivity contribution in [1.29, 1.82) is 0 Å². The number of hydrogen-bond acceptors (Lipinski definition) is 2. The maximum atomic E-state index is 11.6. The van der Waals surface area contributed by atoms with Crippen LogP contribution in [-0.4, -0.2) is 19.7 Å². The van der Waals surface area contributed by atoms with E-state index < -0.39 is 0 Å². The normalized spacial score (nSPS) is 10.2. The lowest BCUT2D eigenvalue weighted by molar-refractivity contribution is 0.250. The van der Waals surface area contributed by atoms with Crippen LogP contribution in [0.2, 0.25) is 5.02 Å². The molecule has 0 saturated heterocycles. The number of amides is 2. The molecule has 0 unspecified atom stereocenters. The molecule has 0 fully saturated rings. The highest BCUT2D eigenvalue weighted by molar-refractivity contribution is 6.32. The van der Waals surface area contributed by atoms with Crippen LogP contribution in [0.4, 0.5) is 10.5 Å². The standard InChI is InChI=1S/C12H17ClN2O2/c1-8(2)7-14-12(16)15-10-6-4-5-9(13)11(10)17-3/h4-6,8H,7H2,1-3H3,(H2,14,15,16). The summed E-state index contributed by atoms with van der Waals surface area (Å²) in [6.07, 6.45) is 0. The van der Waals surface area contributed by atoms with Gasteiger partial charge >= 0.3 is 6.03 Å². The van der Waals surface area contributed by atoms with Gasteiger partial charge < -0.3 is 15.4 Å². The molecule has 4 nitrogen and oxygen atoms in total. The molecule has 0 saturated carbocycles. The molecule has 0 aromatic heterocycles. The van der Waals surface area contributed by atoms with Crippen molar-refractivity contribution in [3.8, 4) is 5.75 Å². The first-order valence-electron chi connectivity index (χ1n) is 5.42. The third-order valence-corrected chi connectivity index (χ3v) is 2.39. The summed E-state index contributed by atoms with van der Waals surface area (Å²) in [7, 11) is 1.51. The van der Waals surface area contributed by atoms with Gasteiger partial charge in [0.05, 0.1) is 17.8 Å². The molecule has 1 rings (SSSR count). The number of methoxy groups -OCH3 is 1. The van der Waals surface area contributed by atoms with E-state index >= 15 is 0 Å². The van der Waals surface area contributed by atoms with Crippen molar-refractivity contribution in [1.82, 2.24) is 5.32 Å². The van der Waals surface area contributed by atoms with Crippen LogP contribution in [-0.2, 0) is 0 Å². The second kappa shape index (κ2) is 6.35. The third kappa shape index (κ3) is 4.15. The minimum Gasteiger partial charge on any atom is -0.493 e. The van der Waals surface area contributed by atoms with Crippen molar-refractivity contribution in [3.63, 3.8) is 0 Å². The first-order valence-corrected chi connectivity index (χ1v) is 5.79. The SMILES string of the molecule is COc1c(Cl)cccc1NC(=O)NCC(C)C. The van der Waals surface area contributed by atoms with Crippen molar-refractivity contribution >= 4 is 23.3 Å². The van der Waals surface area contributed by atoms with Crippen molar-refractivity contribution in [2.45, 2.75) is 13.8 Å². The topological polar surface area (TPSA) is 50.4 Å². The summed E-state index contributed by atoms with van der Waals surface area (Å²) in [5, 5.41) is 5.92. The van der Waals surface area contributed by atoms with Crippen LogP contribution in [0.25, 0.3) is 0 Å². The summed E-state index contributed by atoms with van der Waals surface area (Å²) in [4.78, 5) is 11.6. The molecule has 0 spiro atoms. The van der Waals surface area contributed by atoms with Crippen LogP contribution < -0.4 is 15.4 Å². The average molecular weight is 257 g/mol. The molecule has 0 aliphatic rings. The Morgan fingerprint density at radius 1 is 1.47 bits per heavy atom. The molecule has 1 aromatic rings. The predicted molar refractivity (Wildman–Crippen MR) is 69.9 cm³/mol. The zero-order valence-electron chi connectivity index (χ0n) is 10.2. The lowest BCUT2D eigenvalue weighted by Gasteiger charge is -2.13. The lowest BCUT2D eigenvalue weighted by atomic mass is 10.2. The van der Waals surface area contributed by atoms with Gasteiger partial charge in [0.15, 0.2) is 5.75 Å². The summed E-state index contributed by atoms with van der Waals surface area (Å²) in [5.74, 6) is 0.871. The number of urea groups is 1. The van der Waals surface area contributed by atoms with Gasteiger partial charge in [-0.3, -0.25) is 0 Å². The number of carbonyl (C=O) groups excluding carboxylic acids is 1. The number of hydrogen-bond donors (Lipinski definition) is 2. The Balaban J connectivity index is 2.68.